The number of imidazole rings is 1. The lowest BCUT2D eigenvalue weighted by Crippen LogP contribution is -2.52. The van der Waals surface area contributed by atoms with E-state index in [1.165, 1.54) is 21.3 Å². The van der Waals surface area contributed by atoms with Crippen molar-refractivity contribution in [1.82, 2.24) is 23.6 Å². The number of aromatic nitrogens is 4. The summed E-state index contributed by atoms with van der Waals surface area (Å²) < 4.78 is 29.7. The van der Waals surface area contributed by atoms with E-state index in [-0.39, 0.29) is 21.9 Å². The van der Waals surface area contributed by atoms with Gasteiger partial charge in [0.25, 0.3) is 15.6 Å². The number of hydrogen-bond acceptors (Lipinski definition) is 5. The zero-order chi connectivity index (χ0) is 19.3. The third-order valence-corrected chi connectivity index (χ3v) is 6.38. The molecular weight excluding hydrogens is 354 g/mol. The highest BCUT2D eigenvalue weighted by atomic mass is 32.2. The first-order valence-electron chi connectivity index (χ1n) is 8.57. The number of rotatable bonds is 4. The van der Waals surface area contributed by atoms with Gasteiger partial charge >= 0.3 is 0 Å². The summed E-state index contributed by atoms with van der Waals surface area (Å²) in [7, 11) is -1.81. The quantitative estimate of drug-likeness (QED) is 0.787. The first-order valence-corrected chi connectivity index (χ1v) is 10.0. The van der Waals surface area contributed by atoms with Gasteiger partial charge in [0.2, 0.25) is 0 Å². The Kier molecular flexibility index (Phi) is 4.56. The summed E-state index contributed by atoms with van der Waals surface area (Å²) in [6, 6.07) is 3.28. The molecule has 26 heavy (non-hydrogen) atoms. The summed E-state index contributed by atoms with van der Waals surface area (Å²) >= 11 is 0. The predicted molar refractivity (Wildman–Crippen MR) is 97.4 cm³/mol. The topological polar surface area (TPSA) is 90.1 Å². The van der Waals surface area contributed by atoms with Gasteiger partial charge in [-0.15, -0.1) is 0 Å². The molecule has 0 atom stereocenters. The van der Waals surface area contributed by atoms with Gasteiger partial charge in [-0.05, 0) is 13.0 Å². The van der Waals surface area contributed by atoms with E-state index >= 15 is 0 Å². The number of aryl methyl sites for hydroxylation is 2. The molecular formula is C17H25N5O3S. The Bertz CT molecular complexity index is 959. The summed E-state index contributed by atoms with van der Waals surface area (Å²) in [6.45, 7) is 9.02. The van der Waals surface area contributed by atoms with Gasteiger partial charge in [-0.25, -0.2) is 18.1 Å². The normalized spacial score (nSPS) is 16.7. The maximum Gasteiger partial charge on any atom is 0.266 e. The van der Waals surface area contributed by atoms with E-state index in [4.69, 9.17) is 0 Å². The molecule has 8 nitrogen and oxygen atoms in total. The van der Waals surface area contributed by atoms with E-state index in [9.17, 15) is 13.2 Å². The minimum absolute atomic E-state index is 0.0648. The molecule has 1 aliphatic rings. The molecule has 1 saturated heterocycles. The number of sulfonamides is 1. The van der Waals surface area contributed by atoms with Crippen LogP contribution in [0.25, 0.3) is 0 Å². The molecule has 2 aromatic rings. The standard InChI is InChI=1S/C17H25N5O3S/c1-12-18-15(11-20(12)5)26(24,25)21-8-13(9-21)10-22-16(23)7-6-14(19-22)17(2,3)4/h6-7,11,13H,8-10H2,1-5H3. The maximum absolute atomic E-state index is 12.6. The van der Waals surface area contributed by atoms with Crippen LogP contribution in [-0.4, -0.2) is 45.1 Å². The molecule has 142 valence electrons. The fourth-order valence-corrected chi connectivity index (χ4v) is 4.46. The smallest absolute Gasteiger partial charge is 0.266 e. The average molecular weight is 379 g/mol. The molecule has 0 aromatic carbocycles. The molecule has 0 saturated carbocycles. The summed E-state index contributed by atoms with van der Waals surface area (Å²) in [5.74, 6) is 0.713. The molecule has 3 heterocycles. The van der Waals surface area contributed by atoms with Crippen molar-refractivity contribution in [1.29, 1.82) is 0 Å². The monoisotopic (exact) mass is 379 g/mol. The van der Waals surface area contributed by atoms with E-state index in [2.05, 4.69) is 10.1 Å². The van der Waals surface area contributed by atoms with Crippen LogP contribution in [0.3, 0.4) is 0 Å². The third kappa shape index (κ3) is 3.45. The first kappa shape index (κ1) is 18.8. The van der Waals surface area contributed by atoms with Crippen LogP contribution in [-0.2, 0) is 29.0 Å². The lowest BCUT2D eigenvalue weighted by molar-refractivity contribution is 0.171. The summed E-state index contributed by atoms with van der Waals surface area (Å²) in [4.78, 5) is 16.2. The Morgan fingerprint density at radius 2 is 1.88 bits per heavy atom. The van der Waals surface area contributed by atoms with Gasteiger partial charge in [0.1, 0.15) is 5.82 Å². The van der Waals surface area contributed by atoms with Gasteiger partial charge in [-0.3, -0.25) is 4.79 Å². The zero-order valence-corrected chi connectivity index (χ0v) is 16.6. The van der Waals surface area contributed by atoms with Crippen molar-refractivity contribution in [2.24, 2.45) is 13.0 Å². The second-order valence-corrected chi connectivity index (χ2v) is 9.80. The average Bonchev–Trinajstić information content (AvgIpc) is 2.83. The van der Waals surface area contributed by atoms with Crippen molar-refractivity contribution in [3.8, 4) is 0 Å². The zero-order valence-electron chi connectivity index (χ0n) is 15.8. The fourth-order valence-electron chi connectivity index (χ4n) is 2.84. The minimum Gasteiger partial charge on any atom is -0.337 e. The van der Waals surface area contributed by atoms with Gasteiger partial charge in [0.05, 0.1) is 12.2 Å². The maximum atomic E-state index is 12.6. The van der Waals surface area contributed by atoms with E-state index in [1.807, 2.05) is 20.8 Å². The van der Waals surface area contributed by atoms with Crippen molar-refractivity contribution in [3.63, 3.8) is 0 Å². The van der Waals surface area contributed by atoms with Crippen molar-refractivity contribution >= 4 is 10.0 Å². The van der Waals surface area contributed by atoms with Crippen LogP contribution in [0.5, 0.6) is 0 Å². The van der Waals surface area contributed by atoms with Crippen LogP contribution in [0.4, 0.5) is 0 Å². The van der Waals surface area contributed by atoms with E-state index in [0.717, 1.165) is 5.69 Å². The molecule has 1 aliphatic heterocycles. The molecule has 0 radical (unpaired) electrons. The Balaban J connectivity index is 1.70. The van der Waals surface area contributed by atoms with Crippen molar-refractivity contribution in [2.45, 2.75) is 44.7 Å². The molecule has 0 unspecified atom stereocenters. The van der Waals surface area contributed by atoms with Crippen molar-refractivity contribution in [2.75, 3.05) is 13.1 Å². The lowest BCUT2D eigenvalue weighted by Gasteiger charge is -2.37. The Morgan fingerprint density at radius 1 is 1.23 bits per heavy atom. The molecule has 0 spiro atoms. The van der Waals surface area contributed by atoms with E-state index in [0.29, 0.717) is 25.5 Å². The van der Waals surface area contributed by atoms with Crippen molar-refractivity contribution < 1.29 is 8.42 Å². The largest absolute Gasteiger partial charge is 0.337 e. The SMILES string of the molecule is Cc1nc(S(=O)(=O)N2CC(Cn3nc(C(C)(C)C)ccc3=O)C2)cn1C. The van der Waals surface area contributed by atoms with E-state index < -0.39 is 10.0 Å². The van der Waals surface area contributed by atoms with Crippen molar-refractivity contribution in [3.05, 3.63) is 40.2 Å². The van der Waals surface area contributed by atoms with Gasteiger partial charge in [0.15, 0.2) is 5.03 Å². The number of nitrogens with zero attached hydrogens (tertiary/aromatic N) is 5. The predicted octanol–water partition coefficient (Wildman–Crippen LogP) is 0.903. The van der Waals surface area contributed by atoms with Crippen LogP contribution >= 0.6 is 0 Å². The van der Waals surface area contributed by atoms with Crippen LogP contribution in [0, 0.1) is 12.8 Å². The Morgan fingerprint density at radius 3 is 2.42 bits per heavy atom. The fraction of sp³-hybridized carbons (Fsp3) is 0.588. The Hall–Kier alpha value is -2.00. The molecule has 2 aromatic heterocycles. The molecule has 1 fully saturated rings. The van der Waals surface area contributed by atoms with Gasteiger partial charge < -0.3 is 4.57 Å². The second kappa shape index (κ2) is 6.31. The van der Waals surface area contributed by atoms with Gasteiger partial charge in [-0.1, -0.05) is 20.8 Å². The highest BCUT2D eigenvalue weighted by Gasteiger charge is 2.38. The molecule has 0 bridgehead atoms. The minimum atomic E-state index is -3.58. The van der Waals surface area contributed by atoms with Crippen LogP contribution < -0.4 is 5.56 Å². The molecule has 0 N–H and O–H groups in total. The van der Waals surface area contributed by atoms with E-state index in [1.54, 1.807) is 24.6 Å². The lowest BCUT2D eigenvalue weighted by atomic mass is 9.92. The number of hydrogen-bond donors (Lipinski definition) is 0. The molecule has 0 amide bonds. The van der Waals surface area contributed by atoms with Crippen LogP contribution in [0.2, 0.25) is 0 Å². The highest BCUT2D eigenvalue weighted by Crippen LogP contribution is 2.25. The molecule has 9 heteroatoms. The highest BCUT2D eigenvalue weighted by molar-refractivity contribution is 7.89. The summed E-state index contributed by atoms with van der Waals surface area (Å²) in [5.41, 5.74) is 0.519. The van der Waals surface area contributed by atoms with Gasteiger partial charge in [-0.2, -0.15) is 9.40 Å². The summed E-state index contributed by atoms with van der Waals surface area (Å²) in [5, 5.41) is 4.52. The Labute approximate surface area is 153 Å². The van der Waals surface area contributed by atoms with Gasteiger partial charge in [0, 0.05) is 43.7 Å². The molecule has 0 aliphatic carbocycles. The summed E-state index contributed by atoms with van der Waals surface area (Å²) in [6.07, 6.45) is 1.52. The van der Waals surface area contributed by atoms with Crippen LogP contribution in [0.1, 0.15) is 32.3 Å². The first-order chi connectivity index (χ1) is 12.0. The molecule has 3 rings (SSSR count). The third-order valence-electron chi connectivity index (χ3n) is 4.68. The van der Waals surface area contributed by atoms with Crippen LogP contribution in [0.15, 0.2) is 28.2 Å². The second-order valence-electron chi connectivity index (χ2n) is 7.91.